The van der Waals surface area contributed by atoms with Crippen LogP contribution < -0.4 is 4.90 Å². The average molecular weight is 450 g/mol. The lowest BCUT2D eigenvalue weighted by Gasteiger charge is -2.53. The SMILES string of the molecule is CC(=O)N(C)c1cnn(C(=O)N2CC3(CCN(Cc4ccc(Cl)c(Cl)c4)CC3)C2)c1. The van der Waals surface area contributed by atoms with E-state index in [4.69, 9.17) is 23.2 Å². The van der Waals surface area contributed by atoms with Crippen LogP contribution >= 0.6 is 23.2 Å². The number of rotatable bonds is 3. The monoisotopic (exact) mass is 449 g/mol. The van der Waals surface area contributed by atoms with Crippen LogP contribution in [0.5, 0.6) is 0 Å². The van der Waals surface area contributed by atoms with E-state index >= 15 is 0 Å². The van der Waals surface area contributed by atoms with Crippen LogP contribution in [0, 0.1) is 5.41 Å². The molecule has 2 aliphatic rings. The summed E-state index contributed by atoms with van der Waals surface area (Å²) < 4.78 is 1.32. The van der Waals surface area contributed by atoms with Crippen LogP contribution in [0.15, 0.2) is 30.6 Å². The summed E-state index contributed by atoms with van der Waals surface area (Å²) in [5, 5.41) is 5.30. The van der Waals surface area contributed by atoms with Crippen LogP contribution in [0.2, 0.25) is 10.0 Å². The van der Waals surface area contributed by atoms with Crippen molar-refractivity contribution >= 4 is 40.8 Å². The fourth-order valence-electron chi connectivity index (χ4n) is 4.21. The molecular weight excluding hydrogens is 425 g/mol. The minimum Gasteiger partial charge on any atom is -0.322 e. The molecule has 0 N–H and O–H groups in total. The van der Waals surface area contributed by atoms with E-state index in [0.717, 1.165) is 51.1 Å². The summed E-state index contributed by atoms with van der Waals surface area (Å²) >= 11 is 12.1. The molecule has 2 saturated heterocycles. The zero-order valence-electron chi connectivity index (χ0n) is 17.1. The molecule has 0 atom stereocenters. The summed E-state index contributed by atoms with van der Waals surface area (Å²) in [6.07, 6.45) is 5.27. The molecule has 2 aliphatic heterocycles. The van der Waals surface area contributed by atoms with Gasteiger partial charge in [-0.05, 0) is 43.6 Å². The summed E-state index contributed by atoms with van der Waals surface area (Å²) in [4.78, 5) is 29.9. The third-order valence-electron chi connectivity index (χ3n) is 6.25. The fraction of sp³-hybridized carbons (Fsp3) is 0.476. The number of aromatic nitrogens is 2. The number of carbonyl (C=O) groups excluding carboxylic acids is 2. The molecule has 0 aliphatic carbocycles. The normalized spacial score (nSPS) is 18.3. The quantitative estimate of drug-likeness (QED) is 0.715. The number of hydrogen-bond acceptors (Lipinski definition) is 4. The maximum atomic E-state index is 12.7. The third-order valence-corrected chi connectivity index (χ3v) is 6.99. The Hall–Kier alpha value is -2.09. The number of hydrogen-bond donors (Lipinski definition) is 0. The molecule has 1 spiro atoms. The number of piperidine rings is 1. The molecule has 1 aromatic carbocycles. The molecule has 3 heterocycles. The summed E-state index contributed by atoms with van der Waals surface area (Å²) in [5.41, 5.74) is 1.98. The molecule has 160 valence electrons. The van der Waals surface area contributed by atoms with Crippen molar-refractivity contribution in [2.45, 2.75) is 26.3 Å². The number of carbonyl (C=O) groups is 2. The Morgan fingerprint density at radius 1 is 1.17 bits per heavy atom. The number of amides is 2. The minimum atomic E-state index is -0.137. The van der Waals surface area contributed by atoms with Crippen molar-refractivity contribution in [3.63, 3.8) is 0 Å². The summed E-state index contributed by atoms with van der Waals surface area (Å²) in [6.45, 7) is 5.84. The van der Waals surface area contributed by atoms with Gasteiger partial charge in [-0.1, -0.05) is 29.3 Å². The van der Waals surface area contributed by atoms with Gasteiger partial charge in [-0.2, -0.15) is 9.78 Å². The lowest BCUT2D eigenvalue weighted by Crippen LogP contribution is -2.62. The van der Waals surface area contributed by atoms with Gasteiger partial charge in [0.2, 0.25) is 5.91 Å². The van der Waals surface area contributed by atoms with E-state index in [-0.39, 0.29) is 17.4 Å². The number of benzene rings is 1. The van der Waals surface area contributed by atoms with E-state index in [0.29, 0.717) is 15.7 Å². The van der Waals surface area contributed by atoms with Crippen LogP contribution in [-0.2, 0) is 11.3 Å². The number of likely N-dealkylation sites (tertiary alicyclic amines) is 2. The van der Waals surface area contributed by atoms with E-state index in [1.807, 2.05) is 23.1 Å². The molecule has 2 aromatic rings. The zero-order chi connectivity index (χ0) is 21.5. The van der Waals surface area contributed by atoms with Crippen molar-refractivity contribution in [1.29, 1.82) is 0 Å². The zero-order valence-corrected chi connectivity index (χ0v) is 18.7. The standard InChI is InChI=1S/C21H25Cl2N5O2/c1-15(29)25(2)17-10-24-28(12-17)20(30)27-13-21(14-27)5-7-26(8-6-21)11-16-3-4-18(22)19(23)9-16/h3-4,9-10,12H,5-8,11,13-14H2,1-2H3. The van der Waals surface area contributed by atoms with Gasteiger partial charge in [-0.25, -0.2) is 4.79 Å². The first kappa shape index (κ1) is 21.2. The Kier molecular flexibility index (Phi) is 5.79. The number of anilines is 1. The topological polar surface area (TPSA) is 61.7 Å². The van der Waals surface area contributed by atoms with Gasteiger partial charge in [-0.15, -0.1) is 0 Å². The van der Waals surface area contributed by atoms with Crippen LogP contribution in [0.1, 0.15) is 25.3 Å². The van der Waals surface area contributed by atoms with Crippen LogP contribution in [-0.4, -0.2) is 64.7 Å². The summed E-state index contributed by atoms with van der Waals surface area (Å²) in [6, 6.07) is 5.65. The molecule has 2 fully saturated rings. The summed E-state index contributed by atoms with van der Waals surface area (Å²) in [7, 11) is 1.67. The van der Waals surface area contributed by atoms with Crippen molar-refractivity contribution in [3.05, 3.63) is 46.2 Å². The molecular formula is C21H25Cl2N5O2. The Labute approximate surface area is 186 Å². The van der Waals surface area contributed by atoms with Crippen molar-refractivity contribution < 1.29 is 9.59 Å². The van der Waals surface area contributed by atoms with Crippen molar-refractivity contribution in [2.75, 3.05) is 38.1 Å². The van der Waals surface area contributed by atoms with Gasteiger partial charge in [-0.3, -0.25) is 9.69 Å². The van der Waals surface area contributed by atoms with Crippen LogP contribution in [0.25, 0.3) is 0 Å². The molecule has 2 amide bonds. The van der Waals surface area contributed by atoms with Crippen LogP contribution in [0.3, 0.4) is 0 Å². The van der Waals surface area contributed by atoms with E-state index < -0.39 is 0 Å². The molecule has 30 heavy (non-hydrogen) atoms. The minimum absolute atomic E-state index is 0.0995. The maximum absolute atomic E-state index is 12.7. The van der Waals surface area contributed by atoms with Gasteiger partial charge in [0.05, 0.1) is 28.1 Å². The second-order valence-electron chi connectivity index (χ2n) is 8.38. The molecule has 0 bridgehead atoms. The van der Waals surface area contributed by atoms with Crippen molar-refractivity contribution in [3.8, 4) is 0 Å². The largest absolute Gasteiger partial charge is 0.344 e. The smallest absolute Gasteiger partial charge is 0.322 e. The lowest BCUT2D eigenvalue weighted by molar-refractivity contribution is -0.116. The van der Waals surface area contributed by atoms with Gasteiger partial charge in [0.15, 0.2) is 0 Å². The fourth-order valence-corrected chi connectivity index (χ4v) is 4.54. The lowest BCUT2D eigenvalue weighted by atomic mass is 9.72. The molecule has 4 rings (SSSR count). The van der Waals surface area contributed by atoms with Gasteiger partial charge in [0, 0.05) is 39.0 Å². The highest BCUT2D eigenvalue weighted by Gasteiger charge is 2.47. The number of nitrogens with zero attached hydrogens (tertiary/aromatic N) is 5. The molecule has 0 saturated carbocycles. The Morgan fingerprint density at radius 3 is 2.50 bits per heavy atom. The highest BCUT2D eigenvalue weighted by atomic mass is 35.5. The second-order valence-corrected chi connectivity index (χ2v) is 9.20. The number of halogens is 2. The molecule has 9 heteroatoms. The van der Waals surface area contributed by atoms with E-state index in [2.05, 4.69) is 10.00 Å². The van der Waals surface area contributed by atoms with Crippen molar-refractivity contribution in [2.24, 2.45) is 5.41 Å². The first-order chi connectivity index (χ1) is 14.3. The molecule has 1 aromatic heterocycles. The van der Waals surface area contributed by atoms with E-state index in [1.165, 1.54) is 22.7 Å². The Balaban J connectivity index is 1.28. The van der Waals surface area contributed by atoms with Gasteiger partial charge < -0.3 is 9.80 Å². The maximum Gasteiger partial charge on any atom is 0.344 e. The molecule has 0 unspecified atom stereocenters. The summed E-state index contributed by atoms with van der Waals surface area (Å²) in [5.74, 6) is -0.0995. The van der Waals surface area contributed by atoms with Gasteiger partial charge in [0.25, 0.3) is 0 Å². The average Bonchev–Trinajstić information content (AvgIpc) is 3.19. The molecule has 7 nitrogen and oxygen atoms in total. The third kappa shape index (κ3) is 4.19. The first-order valence-corrected chi connectivity index (χ1v) is 10.8. The highest BCUT2D eigenvalue weighted by Crippen LogP contribution is 2.41. The van der Waals surface area contributed by atoms with E-state index in [1.54, 1.807) is 13.2 Å². The molecule has 0 radical (unpaired) electrons. The Bertz CT molecular complexity index is 960. The second kappa shape index (κ2) is 8.21. The predicted molar refractivity (Wildman–Crippen MR) is 117 cm³/mol. The predicted octanol–water partition coefficient (Wildman–Crippen LogP) is 3.74. The first-order valence-electron chi connectivity index (χ1n) is 10.0. The van der Waals surface area contributed by atoms with Crippen LogP contribution in [0.4, 0.5) is 10.5 Å². The Morgan fingerprint density at radius 2 is 1.87 bits per heavy atom. The van der Waals surface area contributed by atoms with Gasteiger partial charge >= 0.3 is 6.03 Å². The van der Waals surface area contributed by atoms with Crippen molar-refractivity contribution in [1.82, 2.24) is 19.6 Å². The van der Waals surface area contributed by atoms with E-state index in [9.17, 15) is 9.59 Å². The highest BCUT2D eigenvalue weighted by molar-refractivity contribution is 6.42. The van der Waals surface area contributed by atoms with Gasteiger partial charge in [0.1, 0.15) is 0 Å².